The van der Waals surface area contributed by atoms with Crippen LogP contribution in [0.3, 0.4) is 0 Å². The second-order valence-corrected chi connectivity index (χ2v) is 4.55. The Hall–Kier alpha value is -0.650. The average molecular weight is 262 g/mol. The van der Waals surface area contributed by atoms with E-state index in [1.54, 1.807) is 0 Å². The summed E-state index contributed by atoms with van der Waals surface area (Å²) in [4.78, 5) is 6.28. The van der Waals surface area contributed by atoms with Gasteiger partial charge in [-0.2, -0.15) is 4.98 Å². The van der Waals surface area contributed by atoms with Gasteiger partial charge >= 0.3 is 0 Å². The van der Waals surface area contributed by atoms with Gasteiger partial charge in [0, 0.05) is 19.1 Å². The SMILES string of the molecule is CN(CCNc1nc(Cl)nnc1Cl)C1CC1. The van der Waals surface area contributed by atoms with Gasteiger partial charge in [0.1, 0.15) is 0 Å². The molecule has 1 N–H and O–H groups in total. The van der Waals surface area contributed by atoms with Gasteiger partial charge in [-0.15, -0.1) is 10.2 Å². The van der Waals surface area contributed by atoms with Gasteiger partial charge in [0.2, 0.25) is 5.28 Å². The normalized spacial score (nSPS) is 15.5. The number of aromatic nitrogens is 3. The molecule has 1 aromatic rings. The molecule has 1 aliphatic rings. The van der Waals surface area contributed by atoms with Crippen LogP contribution in [0.1, 0.15) is 12.8 Å². The number of likely N-dealkylation sites (N-methyl/N-ethyl adjacent to an activating group) is 1. The molecule has 0 atom stereocenters. The highest BCUT2D eigenvalue weighted by Crippen LogP contribution is 2.24. The van der Waals surface area contributed by atoms with E-state index in [1.165, 1.54) is 12.8 Å². The highest BCUT2D eigenvalue weighted by molar-refractivity contribution is 6.32. The molecule has 1 saturated carbocycles. The molecule has 0 spiro atoms. The lowest BCUT2D eigenvalue weighted by Gasteiger charge is -2.15. The van der Waals surface area contributed by atoms with Crippen molar-refractivity contribution in [1.29, 1.82) is 0 Å². The third-order valence-corrected chi connectivity index (χ3v) is 2.96. The molecule has 88 valence electrons. The van der Waals surface area contributed by atoms with E-state index >= 15 is 0 Å². The van der Waals surface area contributed by atoms with Crippen molar-refractivity contribution in [3.63, 3.8) is 0 Å². The van der Waals surface area contributed by atoms with Crippen molar-refractivity contribution >= 4 is 29.0 Å². The van der Waals surface area contributed by atoms with Crippen molar-refractivity contribution in [2.24, 2.45) is 0 Å². The Morgan fingerprint density at radius 1 is 1.38 bits per heavy atom. The Bertz CT molecular complexity index is 369. The van der Waals surface area contributed by atoms with E-state index in [9.17, 15) is 0 Å². The molecular weight excluding hydrogens is 249 g/mol. The lowest BCUT2D eigenvalue weighted by molar-refractivity contribution is 0.337. The van der Waals surface area contributed by atoms with E-state index in [0.717, 1.165) is 19.1 Å². The fourth-order valence-corrected chi connectivity index (χ4v) is 1.72. The van der Waals surface area contributed by atoms with Crippen molar-refractivity contribution in [2.45, 2.75) is 18.9 Å². The molecular formula is C9H13Cl2N5. The lowest BCUT2D eigenvalue weighted by Crippen LogP contribution is -2.27. The number of hydrogen-bond acceptors (Lipinski definition) is 5. The highest BCUT2D eigenvalue weighted by Gasteiger charge is 2.25. The quantitative estimate of drug-likeness (QED) is 0.875. The fourth-order valence-electron chi connectivity index (χ4n) is 1.45. The second-order valence-electron chi connectivity index (χ2n) is 3.86. The zero-order valence-corrected chi connectivity index (χ0v) is 10.5. The predicted molar refractivity (Wildman–Crippen MR) is 64.0 cm³/mol. The minimum absolute atomic E-state index is 0.0995. The average Bonchev–Trinajstić information content (AvgIpc) is 3.06. The van der Waals surface area contributed by atoms with Crippen LogP contribution in [0.5, 0.6) is 0 Å². The first-order valence-electron chi connectivity index (χ1n) is 5.16. The highest BCUT2D eigenvalue weighted by atomic mass is 35.5. The minimum atomic E-state index is 0.0995. The third kappa shape index (κ3) is 3.17. The molecule has 5 nitrogen and oxygen atoms in total. The third-order valence-electron chi connectivity index (χ3n) is 2.55. The molecule has 0 saturated heterocycles. The van der Waals surface area contributed by atoms with Crippen LogP contribution in [-0.2, 0) is 0 Å². The minimum Gasteiger partial charge on any atom is -0.366 e. The van der Waals surface area contributed by atoms with E-state index in [0.29, 0.717) is 5.82 Å². The second kappa shape index (κ2) is 5.12. The van der Waals surface area contributed by atoms with Gasteiger partial charge in [-0.05, 0) is 31.5 Å². The van der Waals surface area contributed by atoms with Crippen LogP contribution in [0.25, 0.3) is 0 Å². The molecule has 1 aliphatic carbocycles. The molecule has 0 unspecified atom stereocenters. The molecule has 1 aromatic heterocycles. The molecule has 0 bridgehead atoms. The molecule has 1 heterocycles. The van der Waals surface area contributed by atoms with Crippen LogP contribution in [0.4, 0.5) is 5.82 Å². The number of rotatable bonds is 5. The molecule has 0 radical (unpaired) electrons. The Labute approximate surface area is 104 Å². The zero-order chi connectivity index (χ0) is 11.5. The summed E-state index contributed by atoms with van der Waals surface area (Å²) in [6.07, 6.45) is 2.61. The van der Waals surface area contributed by atoms with Gasteiger partial charge in [0.25, 0.3) is 0 Å². The maximum atomic E-state index is 5.82. The van der Waals surface area contributed by atoms with Crippen molar-refractivity contribution in [3.05, 3.63) is 10.4 Å². The summed E-state index contributed by atoms with van der Waals surface area (Å²) >= 11 is 11.4. The number of halogens is 2. The molecule has 2 rings (SSSR count). The van der Waals surface area contributed by atoms with Gasteiger partial charge in [0.15, 0.2) is 11.0 Å². The largest absolute Gasteiger partial charge is 0.366 e. The number of anilines is 1. The predicted octanol–water partition coefficient (Wildman–Crippen LogP) is 1.68. The summed E-state index contributed by atoms with van der Waals surface area (Å²) < 4.78 is 0. The first-order valence-corrected chi connectivity index (χ1v) is 5.92. The van der Waals surface area contributed by atoms with Crippen LogP contribution in [0.2, 0.25) is 10.4 Å². The molecule has 0 amide bonds. The summed E-state index contributed by atoms with van der Waals surface area (Å²) in [6.45, 7) is 1.71. The summed E-state index contributed by atoms with van der Waals surface area (Å²) in [5.41, 5.74) is 0. The molecule has 16 heavy (non-hydrogen) atoms. The summed E-state index contributed by atoms with van der Waals surface area (Å²) in [5.74, 6) is 0.492. The van der Waals surface area contributed by atoms with Crippen LogP contribution in [0.15, 0.2) is 0 Å². The molecule has 7 heteroatoms. The first kappa shape index (κ1) is 11.8. The van der Waals surface area contributed by atoms with E-state index < -0.39 is 0 Å². The Kier molecular flexibility index (Phi) is 3.78. The zero-order valence-electron chi connectivity index (χ0n) is 8.95. The maximum Gasteiger partial charge on any atom is 0.245 e. The van der Waals surface area contributed by atoms with E-state index in [2.05, 4.69) is 32.4 Å². The van der Waals surface area contributed by atoms with Crippen LogP contribution >= 0.6 is 23.2 Å². The van der Waals surface area contributed by atoms with Gasteiger partial charge in [-0.1, -0.05) is 11.6 Å². The Balaban J connectivity index is 1.81. The number of nitrogens with zero attached hydrogens (tertiary/aromatic N) is 4. The van der Waals surface area contributed by atoms with Crippen molar-refractivity contribution in [3.8, 4) is 0 Å². The van der Waals surface area contributed by atoms with Crippen molar-refractivity contribution < 1.29 is 0 Å². The smallest absolute Gasteiger partial charge is 0.245 e. The number of hydrogen-bond donors (Lipinski definition) is 1. The molecule has 1 fully saturated rings. The fraction of sp³-hybridized carbons (Fsp3) is 0.667. The standard InChI is InChI=1S/C9H13Cl2N5/c1-16(6-2-3-6)5-4-12-8-7(10)14-15-9(11)13-8/h6H,2-5H2,1H3,(H,12,13,15). The lowest BCUT2D eigenvalue weighted by atomic mass is 10.5. The number of nitrogens with one attached hydrogen (secondary N) is 1. The van der Waals surface area contributed by atoms with Gasteiger partial charge in [-0.3, -0.25) is 0 Å². The topological polar surface area (TPSA) is 53.9 Å². The summed E-state index contributed by atoms with van der Waals surface area (Å²) in [5, 5.41) is 10.7. The first-order chi connectivity index (χ1) is 7.66. The summed E-state index contributed by atoms with van der Waals surface area (Å²) in [6, 6.07) is 0.754. The van der Waals surface area contributed by atoms with Gasteiger partial charge in [-0.25, -0.2) is 0 Å². The van der Waals surface area contributed by atoms with Gasteiger partial charge < -0.3 is 10.2 Å². The van der Waals surface area contributed by atoms with Crippen molar-refractivity contribution in [1.82, 2.24) is 20.1 Å². The molecule has 0 aromatic carbocycles. The Morgan fingerprint density at radius 3 is 2.81 bits per heavy atom. The maximum absolute atomic E-state index is 5.82. The van der Waals surface area contributed by atoms with E-state index in [-0.39, 0.29) is 10.4 Å². The summed E-state index contributed by atoms with van der Waals surface area (Å²) in [7, 11) is 2.12. The van der Waals surface area contributed by atoms with E-state index in [1.807, 2.05) is 0 Å². The van der Waals surface area contributed by atoms with Crippen LogP contribution < -0.4 is 5.32 Å². The van der Waals surface area contributed by atoms with Crippen molar-refractivity contribution in [2.75, 3.05) is 25.5 Å². The van der Waals surface area contributed by atoms with Crippen LogP contribution in [-0.4, -0.2) is 46.3 Å². The molecule has 0 aliphatic heterocycles. The monoisotopic (exact) mass is 261 g/mol. The Morgan fingerprint density at radius 2 is 2.12 bits per heavy atom. The van der Waals surface area contributed by atoms with Gasteiger partial charge in [0.05, 0.1) is 0 Å². The van der Waals surface area contributed by atoms with Crippen LogP contribution in [0, 0.1) is 0 Å². The van der Waals surface area contributed by atoms with E-state index in [4.69, 9.17) is 23.2 Å².